The van der Waals surface area contributed by atoms with Gasteiger partial charge in [0, 0.05) is 17.5 Å². The molecule has 0 spiro atoms. The molecular weight excluding hydrogens is 368 g/mol. The predicted octanol–water partition coefficient (Wildman–Crippen LogP) is 3.48. The van der Waals surface area contributed by atoms with Crippen LogP contribution in [0.25, 0.3) is 11.3 Å². The number of para-hydroxylation sites is 1. The topological polar surface area (TPSA) is 68.3 Å². The molecule has 0 aliphatic carbocycles. The second-order valence-electron chi connectivity index (χ2n) is 5.84. The molecular formula is C19H20N2O3S2. The van der Waals surface area contributed by atoms with E-state index in [1.165, 1.54) is 0 Å². The number of benzene rings is 2. The number of aromatic nitrogens is 1. The number of nitrogens with one attached hydrogen (secondary N) is 1. The fourth-order valence-corrected chi connectivity index (χ4v) is 3.58. The first-order chi connectivity index (χ1) is 12.5. The van der Waals surface area contributed by atoms with E-state index in [-0.39, 0.29) is 0 Å². The molecule has 3 rings (SSSR count). The van der Waals surface area contributed by atoms with E-state index in [1.807, 2.05) is 60.0 Å². The highest BCUT2D eigenvalue weighted by atomic mass is 32.2. The van der Waals surface area contributed by atoms with Gasteiger partial charge in [-0.1, -0.05) is 42.5 Å². The number of ether oxygens (including phenoxy) is 1. The smallest absolute Gasteiger partial charge is 0.208 e. The zero-order valence-electron chi connectivity index (χ0n) is 14.4. The van der Waals surface area contributed by atoms with E-state index in [0.29, 0.717) is 19.6 Å². The Morgan fingerprint density at radius 1 is 1.08 bits per heavy atom. The van der Waals surface area contributed by atoms with Crippen molar-refractivity contribution in [2.45, 2.75) is 13.0 Å². The molecule has 1 N–H and O–H groups in total. The molecule has 0 unspecified atom stereocenters. The van der Waals surface area contributed by atoms with Gasteiger partial charge in [0.15, 0.2) is 0 Å². The van der Waals surface area contributed by atoms with E-state index < -0.39 is 10.0 Å². The van der Waals surface area contributed by atoms with E-state index in [2.05, 4.69) is 9.71 Å². The van der Waals surface area contributed by atoms with Gasteiger partial charge >= 0.3 is 0 Å². The molecule has 0 radical (unpaired) electrons. The zero-order chi connectivity index (χ0) is 18.4. The van der Waals surface area contributed by atoms with Gasteiger partial charge in [0.05, 0.1) is 11.9 Å². The van der Waals surface area contributed by atoms with Gasteiger partial charge in [-0.3, -0.25) is 0 Å². The molecule has 1 heterocycles. The van der Waals surface area contributed by atoms with Crippen molar-refractivity contribution in [1.82, 2.24) is 9.71 Å². The minimum absolute atomic E-state index is 0.399. The zero-order valence-corrected chi connectivity index (χ0v) is 16.0. The number of hydrogen-bond donors (Lipinski definition) is 1. The highest BCUT2D eigenvalue weighted by Crippen LogP contribution is 2.23. The number of thiazole rings is 1. The quantitative estimate of drug-likeness (QED) is 0.641. The van der Waals surface area contributed by atoms with Crippen molar-refractivity contribution in [2.75, 3.05) is 12.8 Å². The summed E-state index contributed by atoms with van der Waals surface area (Å²) in [4.78, 5) is 4.62. The second-order valence-corrected chi connectivity index (χ2v) is 8.62. The molecule has 1 aromatic heterocycles. The molecule has 0 aliphatic heterocycles. The Morgan fingerprint density at radius 3 is 2.50 bits per heavy atom. The Labute approximate surface area is 157 Å². The van der Waals surface area contributed by atoms with Crippen molar-refractivity contribution < 1.29 is 13.2 Å². The van der Waals surface area contributed by atoms with Gasteiger partial charge in [-0.05, 0) is 24.1 Å². The van der Waals surface area contributed by atoms with Gasteiger partial charge in [-0.15, -0.1) is 11.3 Å². The van der Waals surface area contributed by atoms with Gasteiger partial charge in [-0.25, -0.2) is 18.1 Å². The van der Waals surface area contributed by atoms with Crippen LogP contribution >= 0.6 is 11.3 Å². The summed E-state index contributed by atoms with van der Waals surface area (Å²) >= 11 is 1.57. The maximum Gasteiger partial charge on any atom is 0.208 e. The maximum atomic E-state index is 11.1. The van der Waals surface area contributed by atoms with Gasteiger partial charge in [-0.2, -0.15) is 0 Å². The van der Waals surface area contributed by atoms with E-state index in [9.17, 15) is 8.42 Å². The Hall–Kier alpha value is -2.22. The number of nitrogens with zero attached hydrogens (tertiary/aromatic N) is 1. The Balaban J connectivity index is 1.57. The molecule has 0 fully saturated rings. The minimum Gasteiger partial charge on any atom is -0.486 e. The van der Waals surface area contributed by atoms with E-state index in [1.54, 1.807) is 11.3 Å². The Kier molecular flexibility index (Phi) is 6.03. The lowest BCUT2D eigenvalue weighted by Gasteiger charge is -2.04. The average molecular weight is 389 g/mol. The normalized spacial score (nSPS) is 11.4. The Morgan fingerprint density at radius 2 is 1.81 bits per heavy atom. The highest BCUT2D eigenvalue weighted by molar-refractivity contribution is 7.88. The number of hydrogen-bond acceptors (Lipinski definition) is 5. The molecule has 136 valence electrons. The van der Waals surface area contributed by atoms with Crippen LogP contribution in [0.2, 0.25) is 0 Å². The lowest BCUT2D eigenvalue weighted by atomic mass is 10.1. The van der Waals surface area contributed by atoms with Gasteiger partial charge in [0.25, 0.3) is 0 Å². The third-order valence-electron chi connectivity index (χ3n) is 3.68. The van der Waals surface area contributed by atoms with E-state index in [0.717, 1.165) is 33.8 Å². The highest BCUT2D eigenvalue weighted by Gasteiger charge is 2.06. The molecule has 7 heteroatoms. The fraction of sp³-hybridized carbons (Fsp3) is 0.211. The first-order valence-electron chi connectivity index (χ1n) is 8.16. The molecule has 3 aromatic rings. The van der Waals surface area contributed by atoms with Gasteiger partial charge < -0.3 is 4.74 Å². The lowest BCUT2D eigenvalue weighted by Crippen LogP contribution is -2.24. The summed E-state index contributed by atoms with van der Waals surface area (Å²) in [5, 5.41) is 2.94. The molecule has 26 heavy (non-hydrogen) atoms. The minimum atomic E-state index is -3.14. The van der Waals surface area contributed by atoms with Crippen LogP contribution in [0, 0.1) is 0 Å². The van der Waals surface area contributed by atoms with Crippen LogP contribution in [0.15, 0.2) is 60.0 Å². The van der Waals surface area contributed by atoms with Crippen molar-refractivity contribution in [3.63, 3.8) is 0 Å². The van der Waals surface area contributed by atoms with Crippen LogP contribution in [0.4, 0.5) is 0 Å². The van der Waals surface area contributed by atoms with Crippen LogP contribution in [-0.4, -0.2) is 26.2 Å². The monoisotopic (exact) mass is 388 g/mol. The Bertz CT molecular complexity index is 936. The fourth-order valence-electron chi connectivity index (χ4n) is 2.39. The summed E-state index contributed by atoms with van der Waals surface area (Å²) in [6.45, 7) is 0.847. The van der Waals surface area contributed by atoms with Crippen molar-refractivity contribution >= 4 is 21.4 Å². The third-order valence-corrected chi connectivity index (χ3v) is 5.24. The molecule has 0 atom stereocenters. The van der Waals surface area contributed by atoms with Crippen LogP contribution in [0.1, 0.15) is 10.6 Å². The largest absolute Gasteiger partial charge is 0.486 e. The lowest BCUT2D eigenvalue weighted by molar-refractivity contribution is 0.305. The molecule has 0 amide bonds. The van der Waals surface area contributed by atoms with Crippen molar-refractivity contribution in [3.8, 4) is 17.0 Å². The van der Waals surface area contributed by atoms with Crippen molar-refractivity contribution in [2.24, 2.45) is 0 Å². The molecule has 0 saturated carbocycles. The second kappa shape index (κ2) is 8.44. The molecule has 0 bridgehead atoms. The van der Waals surface area contributed by atoms with E-state index >= 15 is 0 Å². The average Bonchev–Trinajstić information content (AvgIpc) is 3.09. The van der Waals surface area contributed by atoms with Crippen LogP contribution in [-0.2, 0) is 23.1 Å². The van der Waals surface area contributed by atoms with Gasteiger partial charge in [0.2, 0.25) is 10.0 Å². The SMILES string of the molecule is CS(=O)(=O)NCCc1ccc(-c2csc(COc3ccccc3)n2)cc1. The maximum absolute atomic E-state index is 11.1. The van der Waals surface area contributed by atoms with Crippen LogP contribution < -0.4 is 9.46 Å². The van der Waals surface area contributed by atoms with Gasteiger partial charge in [0.1, 0.15) is 17.4 Å². The number of rotatable bonds is 8. The van der Waals surface area contributed by atoms with Crippen molar-refractivity contribution in [3.05, 3.63) is 70.5 Å². The number of sulfonamides is 1. The van der Waals surface area contributed by atoms with Crippen LogP contribution in [0.3, 0.4) is 0 Å². The summed E-state index contributed by atoms with van der Waals surface area (Å²) in [6, 6.07) is 17.7. The molecule has 0 aliphatic rings. The summed E-state index contributed by atoms with van der Waals surface area (Å²) < 4.78 is 30.4. The van der Waals surface area contributed by atoms with Crippen molar-refractivity contribution in [1.29, 1.82) is 0 Å². The third kappa shape index (κ3) is 5.66. The standard InChI is InChI=1S/C19H20N2O3S2/c1-26(22,23)20-12-11-15-7-9-16(10-8-15)18-14-25-19(21-18)13-24-17-5-3-2-4-6-17/h2-10,14,20H,11-13H2,1H3. The summed E-state index contributed by atoms with van der Waals surface area (Å²) in [5.74, 6) is 0.830. The molecule has 5 nitrogen and oxygen atoms in total. The predicted molar refractivity (Wildman–Crippen MR) is 105 cm³/mol. The van der Waals surface area contributed by atoms with E-state index in [4.69, 9.17) is 4.74 Å². The summed E-state index contributed by atoms with van der Waals surface area (Å²) in [6.07, 6.45) is 1.82. The first kappa shape index (κ1) is 18.6. The van der Waals surface area contributed by atoms with Crippen LogP contribution in [0.5, 0.6) is 5.75 Å². The molecule has 2 aromatic carbocycles. The first-order valence-corrected chi connectivity index (χ1v) is 10.9. The summed E-state index contributed by atoms with van der Waals surface area (Å²) in [7, 11) is -3.14. The summed E-state index contributed by atoms with van der Waals surface area (Å²) in [5.41, 5.74) is 3.03. The molecule has 0 saturated heterocycles.